The molecule has 0 fully saturated rings. The van der Waals surface area contributed by atoms with E-state index < -0.39 is 0 Å². The number of rotatable bonds is 3. The average Bonchev–Trinajstić information content (AvgIpc) is 3.03. The van der Waals surface area contributed by atoms with Gasteiger partial charge in [-0.2, -0.15) is 5.10 Å². The highest BCUT2D eigenvalue weighted by molar-refractivity contribution is 6.39. The Hall–Kier alpha value is -3.18. The molecule has 2 aromatic heterocycles. The van der Waals surface area contributed by atoms with Crippen LogP contribution >= 0.6 is 11.6 Å². The molecule has 0 aliphatic carbocycles. The first kappa shape index (κ1) is 19.2. The third kappa shape index (κ3) is 3.49. The van der Waals surface area contributed by atoms with Crippen molar-refractivity contribution in [1.29, 1.82) is 0 Å². The Balaban J connectivity index is 1.74. The maximum atomic E-state index is 12.8. The summed E-state index contributed by atoms with van der Waals surface area (Å²) >= 11 is 6.64. The number of anilines is 1. The summed E-state index contributed by atoms with van der Waals surface area (Å²) in [7, 11) is 0. The lowest BCUT2D eigenvalue weighted by atomic mass is 10.1. The summed E-state index contributed by atoms with van der Waals surface area (Å²) in [4.78, 5) is 17.3. The monoisotopic (exact) mass is 404 g/mol. The number of aryl methyl sites for hydroxylation is 4. The van der Waals surface area contributed by atoms with Crippen LogP contribution in [0.3, 0.4) is 0 Å². The van der Waals surface area contributed by atoms with Crippen LogP contribution < -0.4 is 5.32 Å². The highest BCUT2D eigenvalue weighted by Crippen LogP contribution is 2.30. The van der Waals surface area contributed by atoms with Crippen molar-refractivity contribution in [1.82, 2.24) is 14.8 Å². The third-order valence-electron chi connectivity index (χ3n) is 5.10. The molecule has 29 heavy (non-hydrogen) atoms. The first-order chi connectivity index (χ1) is 13.8. The van der Waals surface area contributed by atoms with Crippen LogP contribution in [-0.4, -0.2) is 20.7 Å². The number of hydrogen-bond acceptors (Lipinski definition) is 3. The van der Waals surface area contributed by atoms with Gasteiger partial charge in [-0.3, -0.25) is 4.79 Å². The number of pyridine rings is 1. The summed E-state index contributed by atoms with van der Waals surface area (Å²) in [5.41, 5.74) is 6.73. The molecule has 0 saturated heterocycles. The van der Waals surface area contributed by atoms with Crippen molar-refractivity contribution in [3.63, 3.8) is 0 Å². The summed E-state index contributed by atoms with van der Waals surface area (Å²) < 4.78 is 1.75. The highest BCUT2D eigenvalue weighted by atomic mass is 35.5. The molecule has 1 N–H and O–H groups in total. The van der Waals surface area contributed by atoms with Crippen LogP contribution in [0.15, 0.2) is 48.7 Å². The summed E-state index contributed by atoms with van der Waals surface area (Å²) in [6, 6.07) is 13.8. The van der Waals surface area contributed by atoms with Crippen LogP contribution in [-0.2, 0) is 0 Å². The van der Waals surface area contributed by atoms with E-state index in [0.29, 0.717) is 21.6 Å². The molecule has 1 amide bonds. The highest BCUT2D eigenvalue weighted by Gasteiger charge is 2.20. The number of amides is 1. The van der Waals surface area contributed by atoms with E-state index in [9.17, 15) is 4.79 Å². The molecule has 2 aromatic carbocycles. The molecule has 6 heteroatoms. The molecule has 0 atom stereocenters. The lowest BCUT2D eigenvalue weighted by molar-refractivity contribution is 0.102. The van der Waals surface area contributed by atoms with Gasteiger partial charge in [0.15, 0.2) is 5.65 Å². The Morgan fingerprint density at radius 3 is 2.41 bits per heavy atom. The van der Waals surface area contributed by atoms with Gasteiger partial charge in [-0.15, -0.1) is 0 Å². The van der Waals surface area contributed by atoms with Gasteiger partial charge in [0.05, 0.1) is 27.4 Å². The molecule has 4 rings (SSSR count). The third-order valence-corrected chi connectivity index (χ3v) is 5.49. The number of nitrogens with one attached hydrogen (secondary N) is 1. The van der Waals surface area contributed by atoms with Crippen molar-refractivity contribution in [2.45, 2.75) is 27.7 Å². The summed E-state index contributed by atoms with van der Waals surface area (Å²) in [5.74, 6) is -0.296. The molecule has 4 aromatic rings. The molecule has 0 aliphatic rings. The van der Waals surface area contributed by atoms with Gasteiger partial charge in [0.1, 0.15) is 0 Å². The smallest absolute Gasteiger partial charge is 0.258 e. The second-order valence-electron chi connectivity index (χ2n) is 7.27. The van der Waals surface area contributed by atoms with Crippen LogP contribution in [0.25, 0.3) is 16.7 Å². The second-order valence-corrected chi connectivity index (χ2v) is 7.65. The van der Waals surface area contributed by atoms with Crippen LogP contribution in [0.5, 0.6) is 0 Å². The fourth-order valence-electron chi connectivity index (χ4n) is 3.25. The predicted octanol–water partition coefficient (Wildman–Crippen LogP) is 5.56. The fourth-order valence-corrected chi connectivity index (χ4v) is 3.61. The van der Waals surface area contributed by atoms with Gasteiger partial charge in [0.2, 0.25) is 0 Å². The minimum Gasteiger partial charge on any atom is -0.322 e. The number of carbonyl (C=O) groups is 1. The largest absolute Gasteiger partial charge is 0.322 e. The van der Waals surface area contributed by atoms with E-state index >= 15 is 0 Å². The van der Waals surface area contributed by atoms with Crippen LogP contribution in [0.1, 0.15) is 32.7 Å². The topological polar surface area (TPSA) is 59.8 Å². The molecule has 0 unspecified atom stereocenters. The van der Waals surface area contributed by atoms with Gasteiger partial charge in [0, 0.05) is 11.9 Å². The predicted molar refractivity (Wildman–Crippen MR) is 117 cm³/mol. The van der Waals surface area contributed by atoms with E-state index in [0.717, 1.165) is 22.6 Å². The molecule has 0 aliphatic heterocycles. The van der Waals surface area contributed by atoms with Crippen molar-refractivity contribution in [2.24, 2.45) is 0 Å². The molecule has 146 valence electrons. The van der Waals surface area contributed by atoms with Crippen molar-refractivity contribution >= 4 is 34.2 Å². The molecule has 0 saturated carbocycles. The van der Waals surface area contributed by atoms with Gasteiger partial charge < -0.3 is 5.32 Å². The van der Waals surface area contributed by atoms with Crippen molar-refractivity contribution in [3.8, 4) is 5.69 Å². The van der Waals surface area contributed by atoms with Gasteiger partial charge in [0.25, 0.3) is 5.91 Å². The lowest BCUT2D eigenvalue weighted by Gasteiger charge is -2.09. The van der Waals surface area contributed by atoms with Crippen molar-refractivity contribution in [3.05, 3.63) is 81.6 Å². The molecular formula is C23H21ClN4O. The van der Waals surface area contributed by atoms with E-state index in [4.69, 9.17) is 11.6 Å². The lowest BCUT2D eigenvalue weighted by Crippen LogP contribution is -2.13. The van der Waals surface area contributed by atoms with E-state index in [1.165, 1.54) is 17.3 Å². The summed E-state index contributed by atoms with van der Waals surface area (Å²) in [6.07, 6.45) is 1.51. The van der Waals surface area contributed by atoms with Crippen LogP contribution in [0, 0.1) is 27.7 Å². The number of halogens is 1. The van der Waals surface area contributed by atoms with Gasteiger partial charge in [-0.25, -0.2) is 9.67 Å². The van der Waals surface area contributed by atoms with Crippen LogP contribution in [0.2, 0.25) is 5.02 Å². The Bertz CT molecular complexity index is 1240. The van der Waals surface area contributed by atoms with E-state index in [2.05, 4.69) is 15.4 Å². The standard InChI is InChI=1S/C23H21ClN4O/c1-13-5-9-18(10-6-13)28-22-20(16(4)27-28)21(24)19(12-25-22)23(29)26-17-8-7-14(2)15(3)11-17/h5-12H,1-4H3,(H,26,29). The normalized spacial score (nSPS) is 11.1. The zero-order valence-electron chi connectivity index (χ0n) is 16.7. The Morgan fingerprint density at radius 2 is 1.72 bits per heavy atom. The first-order valence-corrected chi connectivity index (χ1v) is 9.72. The molecule has 0 radical (unpaired) electrons. The van der Waals surface area contributed by atoms with E-state index in [-0.39, 0.29) is 5.91 Å². The van der Waals surface area contributed by atoms with Crippen molar-refractivity contribution in [2.75, 3.05) is 5.32 Å². The first-order valence-electron chi connectivity index (χ1n) is 9.34. The summed E-state index contributed by atoms with van der Waals surface area (Å²) in [6.45, 7) is 7.94. The van der Waals surface area contributed by atoms with Gasteiger partial charge in [-0.1, -0.05) is 35.4 Å². The molecule has 5 nitrogen and oxygen atoms in total. The maximum absolute atomic E-state index is 12.8. The quantitative estimate of drug-likeness (QED) is 0.486. The number of hydrogen-bond donors (Lipinski definition) is 1. The zero-order valence-corrected chi connectivity index (χ0v) is 17.5. The van der Waals surface area contributed by atoms with Crippen LogP contribution in [0.4, 0.5) is 5.69 Å². The second kappa shape index (κ2) is 7.33. The maximum Gasteiger partial charge on any atom is 0.258 e. The number of fused-ring (bicyclic) bond motifs is 1. The molecule has 2 heterocycles. The Morgan fingerprint density at radius 1 is 1.00 bits per heavy atom. The Kier molecular flexibility index (Phi) is 4.84. The molecule has 0 bridgehead atoms. The van der Waals surface area contributed by atoms with Crippen molar-refractivity contribution < 1.29 is 4.79 Å². The van der Waals surface area contributed by atoms with Gasteiger partial charge in [-0.05, 0) is 63.1 Å². The Labute approximate surface area is 174 Å². The average molecular weight is 405 g/mol. The minimum atomic E-state index is -0.296. The number of benzene rings is 2. The fraction of sp³-hybridized carbons (Fsp3) is 0.174. The molecular weight excluding hydrogens is 384 g/mol. The molecule has 0 spiro atoms. The number of nitrogens with zero attached hydrogens (tertiary/aromatic N) is 3. The minimum absolute atomic E-state index is 0.296. The zero-order chi connectivity index (χ0) is 20.7. The van der Waals surface area contributed by atoms with Gasteiger partial charge >= 0.3 is 0 Å². The van der Waals surface area contributed by atoms with E-state index in [1.54, 1.807) is 4.68 Å². The number of aromatic nitrogens is 3. The summed E-state index contributed by atoms with van der Waals surface area (Å²) in [5, 5.41) is 8.53. The van der Waals surface area contributed by atoms with E-state index in [1.807, 2.05) is 70.2 Å². The SMILES string of the molecule is Cc1ccc(-n2nc(C)c3c(Cl)c(C(=O)Nc4ccc(C)c(C)c4)cnc32)cc1. The number of carbonyl (C=O) groups excluding carboxylic acids is 1.